The van der Waals surface area contributed by atoms with Crippen LogP contribution in [0.25, 0.3) is 0 Å². The molecule has 18 heavy (non-hydrogen) atoms. The number of hydrogen-bond acceptors (Lipinski definition) is 5. The molecule has 1 heterocycles. The Morgan fingerprint density at radius 3 is 2.56 bits per heavy atom. The number of amides is 1. The second-order valence-electron chi connectivity index (χ2n) is 4.74. The number of aryl methyl sites for hydroxylation is 1. The molecule has 0 aliphatic heterocycles. The topological polar surface area (TPSA) is 94.4 Å². The van der Waals surface area contributed by atoms with Crippen LogP contribution in [0.15, 0.2) is 12.3 Å². The zero-order valence-corrected chi connectivity index (χ0v) is 10.7. The van der Waals surface area contributed by atoms with Gasteiger partial charge in [0.05, 0.1) is 4.92 Å². The third-order valence-electron chi connectivity index (χ3n) is 1.91. The molecule has 0 spiro atoms. The minimum Gasteiger partial charge on any atom is -0.444 e. The fourth-order valence-corrected chi connectivity index (χ4v) is 1.22. The largest absolute Gasteiger partial charge is 0.444 e. The first kappa shape index (κ1) is 13.9. The van der Waals surface area contributed by atoms with E-state index < -0.39 is 16.6 Å². The van der Waals surface area contributed by atoms with Crippen molar-refractivity contribution in [3.8, 4) is 0 Å². The minimum absolute atomic E-state index is 0.0928. The van der Waals surface area contributed by atoms with Crippen molar-refractivity contribution in [3.63, 3.8) is 0 Å². The van der Waals surface area contributed by atoms with Gasteiger partial charge in [0.2, 0.25) is 0 Å². The van der Waals surface area contributed by atoms with Crippen molar-refractivity contribution < 1.29 is 14.5 Å². The van der Waals surface area contributed by atoms with Crippen LogP contribution in [0.2, 0.25) is 0 Å². The van der Waals surface area contributed by atoms with E-state index in [1.165, 1.54) is 6.07 Å². The highest BCUT2D eigenvalue weighted by molar-refractivity contribution is 5.83. The van der Waals surface area contributed by atoms with Crippen LogP contribution in [-0.4, -0.2) is 21.6 Å². The summed E-state index contributed by atoms with van der Waals surface area (Å²) in [7, 11) is 0. The maximum absolute atomic E-state index is 11.5. The van der Waals surface area contributed by atoms with Crippen molar-refractivity contribution in [2.24, 2.45) is 0 Å². The SMILES string of the molecule is Cc1cc(NC(=O)OC(C)(C)C)ncc1[N+](=O)[O-]. The Kier molecular flexibility index (Phi) is 3.85. The van der Waals surface area contributed by atoms with E-state index in [-0.39, 0.29) is 11.5 Å². The van der Waals surface area contributed by atoms with Crippen LogP contribution in [0, 0.1) is 17.0 Å². The molecule has 0 unspecified atom stereocenters. The first-order valence-corrected chi connectivity index (χ1v) is 5.30. The molecule has 0 aliphatic carbocycles. The molecular weight excluding hydrogens is 238 g/mol. The maximum Gasteiger partial charge on any atom is 0.413 e. The zero-order chi connectivity index (χ0) is 13.9. The second kappa shape index (κ2) is 4.99. The smallest absolute Gasteiger partial charge is 0.413 e. The van der Waals surface area contributed by atoms with Gasteiger partial charge in [0.1, 0.15) is 17.6 Å². The molecule has 1 aromatic rings. The average molecular weight is 253 g/mol. The van der Waals surface area contributed by atoms with Crippen LogP contribution < -0.4 is 5.32 Å². The molecular formula is C11H15N3O4. The van der Waals surface area contributed by atoms with Crippen LogP contribution in [0.4, 0.5) is 16.3 Å². The van der Waals surface area contributed by atoms with E-state index in [0.717, 1.165) is 6.20 Å². The summed E-state index contributed by atoms with van der Waals surface area (Å²) in [4.78, 5) is 25.3. The average Bonchev–Trinajstić information content (AvgIpc) is 2.13. The Balaban J connectivity index is 2.78. The highest BCUT2D eigenvalue weighted by Gasteiger charge is 2.17. The molecule has 98 valence electrons. The normalized spacial score (nSPS) is 10.9. The van der Waals surface area contributed by atoms with Crippen molar-refractivity contribution in [2.45, 2.75) is 33.3 Å². The van der Waals surface area contributed by atoms with Crippen molar-refractivity contribution in [3.05, 3.63) is 27.9 Å². The maximum atomic E-state index is 11.5. The number of rotatable bonds is 2. The molecule has 0 bridgehead atoms. The summed E-state index contributed by atoms with van der Waals surface area (Å²) in [5.41, 5.74) is -0.286. The molecule has 0 radical (unpaired) electrons. The standard InChI is InChI=1S/C11H15N3O4/c1-7-5-9(12-6-8(7)14(16)17)13-10(15)18-11(2,3)4/h5-6H,1-4H3,(H,12,13,15). The summed E-state index contributed by atoms with van der Waals surface area (Å²) in [5, 5.41) is 13.0. The number of hydrogen-bond donors (Lipinski definition) is 1. The lowest BCUT2D eigenvalue weighted by Crippen LogP contribution is -2.27. The third kappa shape index (κ3) is 4.00. The van der Waals surface area contributed by atoms with Crippen LogP contribution in [0.5, 0.6) is 0 Å². The predicted octanol–water partition coefficient (Wildman–Crippen LogP) is 2.65. The fourth-order valence-electron chi connectivity index (χ4n) is 1.22. The highest BCUT2D eigenvalue weighted by atomic mass is 16.6. The van der Waals surface area contributed by atoms with E-state index in [9.17, 15) is 14.9 Å². The van der Waals surface area contributed by atoms with Gasteiger partial charge >= 0.3 is 6.09 Å². The van der Waals surface area contributed by atoms with E-state index in [2.05, 4.69) is 10.3 Å². The number of nitrogens with one attached hydrogen (secondary N) is 1. The molecule has 0 fully saturated rings. The first-order chi connectivity index (χ1) is 8.19. The van der Waals surface area contributed by atoms with Gasteiger partial charge in [0.15, 0.2) is 0 Å². The molecule has 1 aromatic heterocycles. The van der Waals surface area contributed by atoms with Gasteiger partial charge in [-0.3, -0.25) is 15.4 Å². The predicted molar refractivity (Wildman–Crippen MR) is 65.5 cm³/mol. The molecule has 1 amide bonds. The van der Waals surface area contributed by atoms with E-state index >= 15 is 0 Å². The number of carbonyl (C=O) groups excluding carboxylic acids is 1. The van der Waals surface area contributed by atoms with Crippen molar-refractivity contribution >= 4 is 17.6 Å². The van der Waals surface area contributed by atoms with E-state index in [0.29, 0.717) is 5.56 Å². The fraction of sp³-hybridized carbons (Fsp3) is 0.455. The van der Waals surface area contributed by atoms with Gasteiger partial charge in [-0.1, -0.05) is 0 Å². The van der Waals surface area contributed by atoms with Crippen molar-refractivity contribution in [1.29, 1.82) is 0 Å². The first-order valence-electron chi connectivity index (χ1n) is 5.30. The van der Waals surface area contributed by atoms with Gasteiger partial charge < -0.3 is 4.74 Å². The number of pyridine rings is 1. The number of nitrogens with zero attached hydrogens (tertiary/aromatic N) is 2. The Morgan fingerprint density at radius 1 is 1.50 bits per heavy atom. The molecule has 0 saturated heterocycles. The summed E-state index contributed by atoms with van der Waals surface area (Å²) >= 11 is 0. The summed E-state index contributed by atoms with van der Waals surface area (Å²) in [6, 6.07) is 1.42. The number of ether oxygens (including phenoxy) is 1. The lowest BCUT2D eigenvalue weighted by molar-refractivity contribution is -0.385. The van der Waals surface area contributed by atoms with Gasteiger partial charge in [-0.25, -0.2) is 9.78 Å². The monoisotopic (exact) mass is 253 g/mol. The van der Waals surface area contributed by atoms with E-state index in [4.69, 9.17) is 4.74 Å². The number of anilines is 1. The van der Waals surface area contributed by atoms with Gasteiger partial charge in [-0.15, -0.1) is 0 Å². The molecule has 7 nitrogen and oxygen atoms in total. The number of aromatic nitrogens is 1. The van der Waals surface area contributed by atoms with Gasteiger partial charge in [0, 0.05) is 5.56 Å². The molecule has 0 aliphatic rings. The van der Waals surface area contributed by atoms with Gasteiger partial charge in [-0.05, 0) is 33.8 Å². The number of carbonyl (C=O) groups is 1. The molecule has 0 atom stereocenters. The van der Waals surface area contributed by atoms with Crippen LogP contribution in [0.1, 0.15) is 26.3 Å². The summed E-state index contributed by atoms with van der Waals surface area (Å²) in [5.74, 6) is 0.215. The molecule has 7 heteroatoms. The van der Waals surface area contributed by atoms with Gasteiger partial charge in [-0.2, -0.15) is 0 Å². The van der Waals surface area contributed by atoms with Crippen molar-refractivity contribution in [1.82, 2.24) is 4.98 Å². The highest BCUT2D eigenvalue weighted by Crippen LogP contribution is 2.19. The minimum atomic E-state index is -0.650. The quantitative estimate of drug-likeness (QED) is 0.645. The summed E-state index contributed by atoms with van der Waals surface area (Å²) < 4.78 is 5.04. The second-order valence-corrected chi connectivity index (χ2v) is 4.74. The summed E-state index contributed by atoms with van der Waals surface area (Å²) in [6.07, 6.45) is 0.449. The zero-order valence-electron chi connectivity index (χ0n) is 10.7. The molecule has 1 N–H and O–H groups in total. The Labute approximate surface area is 104 Å². The van der Waals surface area contributed by atoms with Crippen molar-refractivity contribution in [2.75, 3.05) is 5.32 Å². The van der Waals surface area contributed by atoms with E-state index in [1.54, 1.807) is 27.7 Å². The Morgan fingerprint density at radius 2 is 2.11 bits per heavy atom. The summed E-state index contributed by atoms with van der Waals surface area (Å²) in [6.45, 7) is 6.78. The van der Waals surface area contributed by atoms with Crippen LogP contribution in [0.3, 0.4) is 0 Å². The molecule has 0 aromatic carbocycles. The Hall–Kier alpha value is -2.18. The van der Waals surface area contributed by atoms with Gasteiger partial charge in [0.25, 0.3) is 5.69 Å². The van der Waals surface area contributed by atoms with E-state index in [1.807, 2.05) is 0 Å². The third-order valence-corrected chi connectivity index (χ3v) is 1.91. The Bertz CT molecular complexity index is 480. The lowest BCUT2D eigenvalue weighted by atomic mass is 10.2. The lowest BCUT2D eigenvalue weighted by Gasteiger charge is -2.19. The number of nitro groups is 1. The molecule has 1 rings (SSSR count). The van der Waals surface area contributed by atoms with Crippen LogP contribution in [-0.2, 0) is 4.74 Å². The molecule has 0 saturated carbocycles. The van der Waals surface area contributed by atoms with Crippen LogP contribution >= 0.6 is 0 Å².